The zero-order chi connectivity index (χ0) is 11.9. The van der Waals surface area contributed by atoms with E-state index in [4.69, 9.17) is 0 Å². The molecule has 0 aromatic heterocycles. The second-order valence-corrected chi connectivity index (χ2v) is 3.18. The number of alkyl halides is 6. The van der Waals surface area contributed by atoms with Gasteiger partial charge in [-0.1, -0.05) is 32.1 Å². The number of halogens is 6. The number of hydrogen-bond donors (Lipinski definition) is 0. The van der Waals surface area contributed by atoms with Gasteiger partial charge < -0.3 is 0 Å². The minimum Gasteiger partial charge on any atom is -0.167 e. The Morgan fingerprint density at radius 1 is 0.533 bits per heavy atom. The van der Waals surface area contributed by atoms with Gasteiger partial charge >= 0.3 is 12.4 Å². The van der Waals surface area contributed by atoms with Crippen molar-refractivity contribution >= 4 is 0 Å². The largest absolute Gasteiger partial charge is 0.409 e. The Bertz CT molecular complexity index is 160. The summed E-state index contributed by atoms with van der Waals surface area (Å²) in [5.74, 6) is 0. The summed E-state index contributed by atoms with van der Waals surface area (Å²) in [5.41, 5.74) is 0. The molecule has 1 fully saturated rings. The quantitative estimate of drug-likeness (QED) is 0.424. The summed E-state index contributed by atoms with van der Waals surface area (Å²) in [6.07, 6.45) is -3.99. The summed E-state index contributed by atoms with van der Waals surface area (Å²) in [7, 11) is 0. The van der Waals surface area contributed by atoms with E-state index in [1.54, 1.807) is 0 Å². The summed E-state index contributed by atoms with van der Waals surface area (Å²) < 4.78 is 66.0. The maximum atomic E-state index is 11.0. The van der Waals surface area contributed by atoms with Crippen molar-refractivity contribution in [3.8, 4) is 0 Å². The molecule has 1 aliphatic carbocycles. The molecular weight excluding hydrogens is 222 g/mol. The van der Waals surface area contributed by atoms with Gasteiger partial charge in [0, 0.05) is 12.2 Å². The molecule has 0 spiro atoms. The minimum atomic E-state index is -4.89. The fraction of sp³-hybridized carbons (Fsp3) is 0.778. The average molecular weight is 234 g/mol. The van der Waals surface area contributed by atoms with Crippen LogP contribution in [0.3, 0.4) is 0 Å². The molecule has 6 heteroatoms. The molecule has 0 heterocycles. The predicted octanol–water partition coefficient (Wildman–Crippen LogP) is 4.62. The van der Waals surface area contributed by atoms with E-state index in [0.717, 1.165) is 0 Å². The van der Waals surface area contributed by atoms with Crippen LogP contribution in [-0.2, 0) is 0 Å². The van der Waals surface area contributed by atoms with E-state index in [9.17, 15) is 26.3 Å². The molecule has 0 amide bonds. The van der Waals surface area contributed by atoms with Crippen molar-refractivity contribution in [2.45, 2.75) is 44.5 Å². The van der Waals surface area contributed by atoms with Gasteiger partial charge in [-0.2, -0.15) is 26.3 Å². The Balaban J connectivity index is 0.000000322. The minimum absolute atomic E-state index is 0.854. The third kappa shape index (κ3) is 13.3. The van der Waals surface area contributed by atoms with Crippen LogP contribution in [0.25, 0.3) is 0 Å². The zero-order valence-electron chi connectivity index (χ0n) is 7.96. The maximum absolute atomic E-state index is 11.0. The lowest BCUT2D eigenvalue weighted by atomic mass is 10.4. The Hall–Kier alpha value is -0.680. The molecule has 1 aliphatic rings. The second-order valence-electron chi connectivity index (χ2n) is 3.18. The summed E-state index contributed by atoms with van der Waals surface area (Å²) >= 11 is 0. The highest BCUT2D eigenvalue weighted by atomic mass is 19.4. The first-order valence-corrected chi connectivity index (χ1v) is 4.54. The van der Waals surface area contributed by atoms with Crippen molar-refractivity contribution in [2.75, 3.05) is 0 Å². The molecule has 15 heavy (non-hydrogen) atoms. The van der Waals surface area contributed by atoms with Gasteiger partial charge in [-0.3, -0.25) is 0 Å². The monoisotopic (exact) mass is 234 g/mol. The molecule has 90 valence electrons. The lowest BCUT2D eigenvalue weighted by Gasteiger charge is -1.99. The van der Waals surface area contributed by atoms with E-state index in [2.05, 4.69) is 0 Å². The Morgan fingerprint density at radius 3 is 0.867 bits per heavy atom. The first-order chi connectivity index (χ1) is 6.71. The standard InChI is InChI=1S/C5H10.C4H2F6/c1-2-4-5-3-1;5-3(6,7)1-2-4(8,9)10/h1-5H2;1-2H. The smallest absolute Gasteiger partial charge is 0.167 e. The van der Waals surface area contributed by atoms with Crippen molar-refractivity contribution in [1.29, 1.82) is 0 Å². The van der Waals surface area contributed by atoms with Crippen LogP contribution in [0.1, 0.15) is 32.1 Å². The van der Waals surface area contributed by atoms with Crippen molar-refractivity contribution in [2.24, 2.45) is 0 Å². The van der Waals surface area contributed by atoms with E-state index in [0.29, 0.717) is 0 Å². The topological polar surface area (TPSA) is 0 Å². The van der Waals surface area contributed by atoms with E-state index < -0.39 is 24.5 Å². The molecule has 0 saturated heterocycles. The molecule has 0 aromatic rings. The van der Waals surface area contributed by atoms with Gasteiger partial charge in [-0.25, -0.2) is 0 Å². The van der Waals surface area contributed by atoms with Gasteiger partial charge in [-0.05, 0) is 0 Å². The highest BCUT2D eigenvalue weighted by Crippen LogP contribution is 2.22. The van der Waals surface area contributed by atoms with Crippen molar-refractivity contribution < 1.29 is 26.3 Å². The van der Waals surface area contributed by atoms with Gasteiger partial charge in [0.15, 0.2) is 0 Å². The second kappa shape index (κ2) is 6.02. The van der Waals surface area contributed by atoms with Crippen molar-refractivity contribution in [1.82, 2.24) is 0 Å². The van der Waals surface area contributed by atoms with Crippen molar-refractivity contribution in [3.63, 3.8) is 0 Å². The molecule has 0 aliphatic heterocycles. The van der Waals surface area contributed by atoms with Crippen LogP contribution in [0.2, 0.25) is 0 Å². The van der Waals surface area contributed by atoms with Crippen LogP contribution >= 0.6 is 0 Å². The molecule has 0 radical (unpaired) electrons. The average Bonchev–Trinajstić information content (AvgIpc) is 2.54. The molecule has 0 nitrogen and oxygen atoms in total. The van der Waals surface area contributed by atoms with Crippen LogP contribution in [0.4, 0.5) is 26.3 Å². The van der Waals surface area contributed by atoms with Gasteiger partial charge in [0.25, 0.3) is 0 Å². The molecule has 0 aromatic carbocycles. The lowest BCUT2D eigenvalue weighted by molar-refractivity contribution is -0.0981. The van der Waals surface area contributed by atoms with Crippen molar-refractivity contribution in [3.05, 3.63) is 12.2 Å². The van der Waals surface area contributed by atoms with E-state index in [1.807, 2.05) is 0 Å². The van der Waals surface area contributed by atoms with E-state index >= 15 is 0 Å². The number of hydrogen-bond acceptors (Lipinski definition) is 0. The number of rotatable bonds is 0. The molecule has 0 atom stereocenters. The molecule has 0 unspecified atom stereocenters. The SMILES string of the molecule is C1CCCC1.FC(F)(F)C=CC(F)(F)F. The summed E-state index contributed by atoms with van der Waals surface area (Å²) in [6, 6.07) is 0. The van der Waals surface area contributed by atoms with Crippen LogP contribution in [-0.4, -0.2) is 12.4 Å². The fourth-order valence-corrected chi connectivity index (χ4v) is 1.07. The summed E-state index contributed by atoms with van der Waals surface area (Å²) in [4.78, 5) is 0. The number of allylic oxidation sites excluding steroid dienone is 2. The third-order valence-corrected chi connectivity index (χ3v) is 1.71. The highest BCUT2D eigenvalue weighted by Gasteiger charge is 2.29. The van der Waals surface area contributed by atoms with Crippen LogP contribution in [0.15, 0.2) is 12.2 Å². The predicted molar refractivity (Wildman–Crippen MR) is 44.3 cm³/mol. The van der Waals surface area contributed by atoms with E-state index in [1.165, 1.54) is 32.1 Å². The van der Waals surface area contributed by atoms with E-state index in [-0.39, 0.29) is 0 Å². The van der Waals surface area contributed by atoms with Gasteiger partial charge in [-0.15, -0.1) is 0 Å². The Kier molecular flexibility index (Phi) is 5.75. The molecule has 1 rings (SSSR count). The van der Waals surface area contributed by atoms with Gasteiger partial charge in [0.05, 0.1) is 0 Å². The molecule has 0 N–H and O–H groups in total. The third-order valence-electron chi connectivity index (χ3n) is 1.71. The lowest BCUT2D eigenvalue weighted by Crippen LogP contribution is -2.07. The first-order valence-electron chi connectivity index (χ1n) is 4.54. The van der Waals surface area contributed by atoms with Gasteiger partial charge in [0.1, 0.15) is 0 Å². The molecule has 1 saturated carbocycles. The Labute approximate surface area is 84.0 Å². The zero-order valence-corrected chi connectivity index (χ0v) is 7.96. The Morgan fingerprint density at radius 2 is 0.733 bits per heavy atom. The highest BCUT2D eigenvalue weighted by molar-refractivity contribution is 4.93. The maximum Gasteiger partial charge on any atom is 0.409 e. The van der Waals surface area contributed by atoms with Crippen LogP contribution < -0.4 is 0 Å². The normalized spacial score (nSPS) is 17.7. The van der Waals surface area contributed by atoms with Crippen LogP contribution in [0, 0.1) is 0 Å². The van der Waals surface area contributed by atoms with Crippen LogP contribution in [0.5, 0.6) is 0 Å². The molecular formula is C9H12F6. The summed E-state index contributed by atoms with van der Waals surface area (Å²) in [6.45, 7) is 0. The van der Waals surface area contributed by atoms with Gasteiger partial charge in [0.2, 0.25) is 0 Å². The summed E-state index contributed by atoms with van der Waals surface area (Å²) in [5, 5.41) is 0. The fourth-order valence-electron chi connectivity index (χ4n) is 1.07. The first kappa shape index (κ1) is 14.3. The molecule has 0 bridgehead atoms.